The second-order valence-electron chi connectivity index (χ2n) is 4.89. The van der Waals surface area contributed by atoms with Crippen LogP contribution >= 0.6 is 11.6 Å². The standard InChI is InChI=1S/C15H12ClN5O3/c1-24-13-7-12(17)11(16)6-10(13)15-18-14(19-20-15)8-3-2-4-9(5-8)21(22)23/h2-7H,17H2,1H3,(H,18,19,20). The molecule has 0 spiro atoms. The number of anilines is 1. The summed E-state index contributed by atoms with van der Waals surface area (Å²) in [7, 11) is 1.50. The summed E-state index contributed by atoms with van der Waals surface area (Å²) in [5.41, 5.74) is 7.22. The summed E-state index contributed by atoms with van der Waals surface area (Å²) in [6, 6.07) is 9.28. The van der Waals surface area contributed by atoms with Crippen molar-refractivity contribution in [2.45, 2.75) is 0 Å². The van der Waals surface area contributed by atoms with Crippen LogP contribution in [0.1, 0.15) is 0 Å². The fraction of sp³-hybridized carbons (Fsp3) is 0.0667. The summed E-state index contributed by atoms with van der Waals surface area (Å²) in [5.74, 6) is 1.22. The zero-order valence-electron chi connectivity index (χ0n) is 12.5. The van der Waals surface area contributed by atoms with Gasteiger partial charge >= 0.3 is 0 Å². The molecule has 0 saturated carbocycles. The molecule has 0 unspecified atom stereocenters. The van der Waals surface area contributed by atoms with Crippen molar-refractivity contribution < 1.29 is 9.66 Å². The Kier molecular flexibility index (Phi) is 4.05. The summed E-state index contributed by atoms with van der Waals surface area (Å²) in [4.78, 5) is 14.8. The van der Waals surface area contributed by atoms with Gasteiger partial charge in [-0.15, -0.1) is 0 Å². The molecule has 0 atom stereocenters. The van der Waals surface area contributed by atoms with Gasteiger partial charge < -0.3 is 10.5 Å². The molecule has 24 heavy (non-hydrogen) atoms. The smallest absolute Gasteiger partial charge is 0.270 e. The van der Waals surface area contributed by atoms with Crippen LogP contribution in [0.5, 0.6) is 5.75 Å². The predicted octanol–water partition coefficient (Wildman–Crippen LogP) is 3.29. The Balaban J connectivity index is 2.04. The number of aromatic amines is 1. The van der Waals surface area contributed by atoms with Gasteiger partial charge in [-0.3, -0.25) is 15.2 Å². The van der Waals surface area contributed by atoms with Crippen LogP contribution in [0.4, 0.5) is 11.4 Å². The van der Waals surface area contributed by atoms with E-state index in [9.17, 15) is 10.1 Å². The van der Waals surface area contributed by atoms with Crippen molar-refractivity contribution in [2.75, 3.05) is 12.8 Å². The Morgan fingerprint density at radius 3 is 2.83 bits per heavy atom. The molecule has 0 aliphatic rings. The van der Waals surface area contributed by atoms with E-state index in [0.29, 0.717) is 39.2 Å². The van der Waals surface area contributed by atoms with Crippen LogP contribution in [-0.4, -0.2) is 27.2 Å². The molecular weight excluding hydrogens is 334 g/mol. The van der Waals surface area contributed by atoms with Crippen molar-refractivity contribution in [3.63, 3.8) is 0 Å². The lowest BCUT2D eigenvalue weighted by molar-refractivity contribution is -0.384. The van der Waals surface area contributed by atoms with E-state index >= 15 is 0 Å². The largest absolute Gasteiger partial charge is 0.496 e. The molecule has 122 valence electrons. The van der Waals surface area contributed by atoms with Gasteiger partial charge in [0.1, 0.15) is 5.75 Å². The average Bonchev–Trinajstić information content (AvgIpc) is 3.07. The Bertz CT molecular complexity index is 925. The number of hydrogen-bond donors (Lipinski definition) is 2. The molecule has 0 aliphatic carbocycles. The lowest BCUT2D eigenvalue weighted by Gasteiger charge is -2.08. The highest BCUT2D eigenvalue weighted by molar-refractivity contribution is 6.33. The van der Waals surface area contributed by atoms with Crippen LogP contribution in [0.3, 0.4) is 0 Å². The van der Waals surface area contributed by atoms with Crippen LogP contribution in [0.25, 0.3) is 22.8 Å². The first-order valence-electron chi connectivity index (χ1n) is 6.80. The number of nitrogens with two attached hydrogens (primary N) is 1. The number of halogens is 1. The third-order valence-corrected chi connectivity index (χ3v) is 3.70. The minimum atomic E-state index is -0.472. The monoisotopic (exact) mass is 345 g/mol. The highest BCUT2D eigenvalue weighted by Gasteiger charge is 2.16. The summed E-state index contributed by atoms with van der Waals surface area (Å²) < 4.78 is 5.29. The normalized spacial score (nSPS) is 10.6. The van der Waals surface area contributed by atoms with Gasteiger partial charge in [0.25, 0.3) is 5.69 Å². The molecule has 0 amide bonds. The van der Waals surface area contributed by atoms with Crippen molar-refractivity contribution in [3.05, 3.63) is 51.5 Å². The van der Waals surface area contributed by atoms with Gasteiger partial charge in [-0.1, -0.05) is 23.7 Å². The molecule has 8 nitrogen and oxygen atoms in total. The SMILES string of the molecule is COc1cc(N)c(Cl)cc1-c1nc(-c2cccc([N+](=O)[O-])c2)n[nH]1. The van der Waals surface area contributed by atoms with Gasteiger partial charge in [-0.25, -0.2) is 4.98 Å². The van der Waals surface area contributed by atoms with Gasteiger partial charge in [-0.05, 0) is 6.07 Å². The van der Waals surface area contributed by atoms with Gasteiger partial charge in [0.05, 0.1) is 28.3 Å². The number of methoxy groups -OCH3 is 1. The van der Waals surface area contributed by atoms with Gasteiger partial charge in [0, 0.05) is 23.8 Å². The third kappa shape index (κ3) is 2.86. The van der Waals surface area contributed by atoms with E-state index in [1.807, 2.05) is 0 Å². The molecule has 0 saturated heterocycles. The van der Waals surface area contributed by atoms with Gasteiger partial charge in [0.2, 0.25) is 0 Å². The van der Waals surface area contributed by atoms with Crippen molar-refractivity contribution in [1.82, 2.24) is 15.2 Å². The van der Waals surface area contributed by atoms with E-state index in [1.54, 1.807) is 24.3 Å². The summed E-state index contributed by atoms with van der Waals surface area (Å²) in [5, 5.41) is 18.1. The molecule has 3 rings (SSSR count). The lowest BCUT2D eigenvalue weighted by Crippen LogP contribution is -1.94. The molecule has 0 aliphatic heterocycles. The molecule has 0 bridgehead atoms. The van der Waals surface area contributed by atoms with Crippen molar-refractivity contribution in [2.24, 2.45) is 0 Å². The van der Waals surface area contributed by atoms with Crippen LogP contribution in [0, 0.1) is 10.1 Å². The number of nitrogens with one attached hydrogen (secondary N) is 1. The van der Waals surface area contributed by atoms with Gasteiger partial charge in [-0.2, -0.15) is 5.10 Å². The minimum Gasteiger partial charge on any atom is -0.496 e. The van der Waals surface area contributed by atoms with Gasteiger partial charge in [0.15, 0.2) is 11.6 Å². The van der Waals surface area contributed by atoms with E-state index in [4.69, 9.17) is 22.1 Å². The highest BCUT2D eigenvalue weighted by Crippen LogP contribution is 2.35. The van der Waals surface area contributed by atoms with Crippen LogP contribution in [0.15, 0.2) is 36.4 Å². The fourth-order valence-corrected chi connectivity index (χ4v) is 2.36. The molecule has 1 aromatic heterocycles. The zero-order chi connectivity index (χ0) is 17.3. The number of non-ortho nitro benzene ring substituents is 1. The average molecular weight is 346 g/mol. The summed E-state index contributed by atoms with van der Waals surface area (Å²) >= 11 is 6.05. The number of benzene rings is 2. The van der Waals surface area contributed by atoms with Crippen molar-refractivity contribution in [1.29, 1.82) is 0 Å². The highest BCUT2D eigenvalue weighted by atomic mass is 35.5. The number of H-pyrrole nitrogens is 1. The molecule has 3 aromatic rings. The van der Waals surface area contributed by atoms with E-state index < -0.39 is 4.92 Å². The fourth-order valence-electron chi connectivity index (χ4n) is 2.19. The maximum Gasteiger partial charge on any atom is 0.270 e. The maximum atomic E-state index is 10.9. The Morgan fingerprint density at radius 1 is 1.33 bits per heavy atom. The topological polar surface area (TPSA) is 120 Å². The summed E-state index contributed by atoms with van der Waals surface area (Å²) in [6.45, 7) is 0. The molecular formula is C15H12ClN5O3. The quantitative estimate of drug-likeness (QED) is 0.425. The first kappa shape index (κ1) is 15.8. The molecule has 3 N–H and O–H groups in total. The molecule has 0 radical (unpaired) electrons. The Labute approximate surface area is 141 Å². The van der Waals surface area contributed by atoms with Crippen LogP contribution in [-0.2, 0) is 0 Å². The number of ether oxygens (including phenoxy) is 1. The van der Waals surface area contributed by atoms with Crippen molar-refractivity contribution >= 4 is 23.0 Å². The number of nitro benzene ring substituents is 1. The van der Waals surface area contributed by atoms with E-state index in [-0.39, 0.29) is 5.69 Å². The predicted molar refractivity (Wildman–Crippen MR) is 89.9 cm³/mol. The molecule has 1 heterocycles. The number of hydrogen-bond acceptors (Lipinski definition) is 6. The second-order valence-corrected chi connectivity index (χ2v) is 5.30. The number of rotatable bonds is 4. The molecule has 2 aromatic carbocycles. The Morgan fingerprint density at radius 2 is 2.12 bits per heavy atom. The maximum absolute atomic E-state index is 10.9. The third-order valence-electron chi connectivity index (χ3n) is 3.37. The van der Waals surface area contributed by atoms with E-state index in [2.05, 4.69) is 15.2 Å². The molecule has 0 fully saturated rings. The number of nitro groups is 1. The van der Waals surface area contributed by atoms with E-state index in [0.717, 1.165) is 0 Å². The van der Waals surface area contributed by atoms with E-state index in [1.165, 1.54) is 19.2 Å². The summed E-state index contributed by atoms with van der Waals surface area (Å²) in [6.07, 6.45) is 0. The van der Waals surface area contributed by atoms with Crippen LogP contribution in [0.2, 0.25) is 5.02 Å². The zero-order valence-corrected chi connectivity index (χ0v) is 13.2. The minimum absolute atomic E-state index is 0.0352. The molecule has 9 heteroatoms. The Hall–Kier alpha value is -3.13. The van der Waals surface area contributed by atoms with Crippen LogP contribution < -0.4 is 10.5 Å². The second kappa shape index (κ2) is 6.17. The van der Waals surface area contributed by atoms with Crippen molar-refractivity contribution in [3.8, 4) is 28.5 Å². The lowest BCUT2D eigenvalue weighted by atomic mass is 10.1. The first-order chi connectivity index (χ1) is 11.5. The first-order valence-corrected chi connectivity index (χ1v) is 7.18. The number of nitrogens with zero attached hydrogens (tertiary/aromatic N) is 3. The number of aromatic nitrogens is 3. The number of nitrogen functional groups attached to an aromatic ring is 1.